The third-order valence-corrected chi connectivity index (χ3v) is 3.99. The van der Waals surface area contributed by atoms with Gasteiger partial charge in [-0.15, -0.1) is 0 Å². The summed E-state index contributed by atoms with van der Waals surface area (Å²) in [5.74, 6) is 1.39. The minimum atomic E-state index is -0.159. The lowest BCUT2D eigenvalue weighted by Crippen LogP contribution is -2.35. The summed E-state index contributed by atoms with van der Waals surface area (Å²) in [5.41, 5.74) is 1.47. The first kappa shape index (κ1) is 15.5. The SMILES string of the molecule is COc1ccc(CC2=NCCN2C(=O)c2cccnc2Cl)cc1. The van der Waals surface area contributed by atoms with Crippen molar-refractivity contribution >= 4 is 23.3 Å². The molecule has 118 valence electrons. The van der Waals surface area contributed by atoms with Crippen molar-refractivity contribution in [1.82, 2.24) is 9.88 Å². The maximum atomic E-state index is 12.7. The Morgan fingerprint density at radius 2 is 2.09 bits per heavy atom. The lowest BCUT2D eigenvalue weighted by atomic mass is 10.1. The lowest BCUT2D eigenvalue weighted by molar-refractivity contribution is 0.0856. The van der Waals surface area contributed by atoms with E-state index in [0.29, 0.717) is 25.1 Å². The van der Waals surface area contributed by atoms with E-state index in [1.807, 2.05) is 24.3 Å². The molecule has 0 bridgehead atoms. The van der Waals surface area contributed by atoms with Crippen LogP contribution in [0.15, 0.2) is 47.6 Å². The van der Waals surface area contributed by atoms with Crippen LogP contribution in [-0.4, -0.2) is 41.8 Å². The second kappa shape index (κ2) is 6.79. The van der Waals surface area contributed by atoms with Crippen molar-refractivity contribution < 1.29 is 9.53 Å². The van der Waals surface area contributed by atoms with Crippen molar-refractivity contribution in [3.8, 4) is 5.75 Å². The van der Waals surface area contributed by atoms with E-state index in [9.17, 15) is 4.79 Å². The third-order valence-electron chi connectivity index (χ3n) is 3.69. The minimum Gasteiger partial charge on any atom is -0.497 e. The molecule has 0 radical (unpaired) electrons. The van der Waals surface area contributed by atoms with Gasteiger partial charge >= 0.3 is 0 Å². The molecule has 0 spiro atoms. The summed E-state index contributed by atoms with van der Waals surface area (Å²) in [4.78, 5) is 22.8. The number of methoxy groups -OCH3 is 1. The molecule has 0 N–H and O–H groups in total. The molecule has 0 aliphatic carbocycles. The highest BCUT2D eigenvalue weighted by atomic mass is 35.5. The Kier molecular flexibility index (Phi) is 4.57. The highest BCUT2D eigenvalue weighted by Crippen LogP contribution is 2.19. The zero-order valence-electron chi connectivity index (χ0n) is 12.7. The summed E-state index contributed by atoms with van der Waals surface area (Å²) in [5, 5.41) is 0.216. The highest BCUT2D eigenvalue weighted by Gasteiger charge is 2.26. The molecule has 1 aliphatic heterocycles. The van der Waals surface area contributed by atoms with Crippen LogP contribution in [0, 0.1) is 0 Å². The van der Waals surface area contributed by atoms with Gasteiger partial charge in [-0.1, -0.05) is 23.7 Å². The van der Waals surface area contributed by atoms with E-state index in [1.54, 1.807) is 30.3 Å². The molecular weight excluding hydrogens is 314 g/mol. The normalized spacial score (nSPS) is 13.8. The van der Waals surface area contributed by atoms with Gasteiger partial charge in [-0.25, -0.2) is 4.98 Å². The van der Waals surface area contributed by atoms with Crippen molar-refractivity contribution in [2.24, 2.45) is 4.99 Å². The number of benzene rings is 1. The largest absolute Gasteiger partial charge is 0.497 e. The zero-order chi connectivity index (χ0) is 16.2. The standard InChI is InChI=1S/C17H16ClN3O2/c1-23-13-6-4-12(5-7-13)11-15-19-9-10-21(15)17(22)14-3-2-8-20-16(14)18/h2-8H,9-11H2,1H3. The van der Waals surface area contributed by atoms with E-state index in [4.69, 9.17) is 16.3 Å². The number of aliphatic imine (C=N–C) groups is 1. The van der Waals surface area contributed by atoms with Crippen LogP contribution in [-0.2, 0) is 6.42 Å². The molecule has 23 heavy (non-hydrogen) atoms. The monoisotopic (exact) mass is 329 g/mol. The van der Waals surface area contributed by atoms with Gasteiger partial charge in [0, 0.05) is 19.2 Å². The maximum Gasteiger partial charge on any atom is 0.262 e. The van der Waals surface area contributed by atoms with Crippen molar-refractivity contribution in [1.29, 1.82) is 0 Å². The Bertz CT molecular complexity index is 744. The van der Waals surface area contributed by atoms with Gasteiger partial charge in [0.1, 0.15) is 16.7 Å². The van der Waals surface area contributed by atoms with Crippen LogP contribution in [0.25, 0.3) is 0 Å². The van der Waals surface area contributed by atoms with Crippen molar-refractivity contribution in [3.63, 3.8) is 0 Å². The number of aromatic nitrogens is 1. The fourth-order valence-corrected chi connectivity index (χ4v) is 2.68. The van der Waals surface area contributed by atoms with Crippen LogP contribution in [0.4, 0.5) is 0 Å². The van der Waals surface area contributed by atoms with Crippen LogP contribution in [0.5, 0.6) is 5.75 Å². The molecule has 0 atom stereocenters. The number of amides is 1. The van der Waals surface area contributed by atoms with E-state index in [0.717, 1.165) is 17.1 Å². The topological polar surface area (TPSA) is 54.8 Å². The van der Waals surface area contributed by atoms with Gasteiger partial charge in [0.2, 0.25) is 0 Å². The van der Waals surface area contributed by atoms with Gasteiger partial charge in [-0.05, 0) is 29.8 Å². The van der Waals surface area contributed by atoms with Crippen molar-refractivity contribution in [2.75, 3.05) is 20.2 Å². The van der Waals surface area contributed by atoms with Crippen LogP contribution in [0.3, 0.4) is 0 Å². The molecule has 1 aromatic heterocycles. The predicted molar refractivity (Wildman–Crippen MR) is 89.3 cm³/mol. The summed E-state index contributed by atoms with van der Waals surface area (Å²) < 4.78 is 5.15. The summed E-state index contributed by atoms with van der Waals surface area (Å²) in [6.07, 6.45) is 2.16. The quantitative estimate of drug-likeness (QED) is 0.810. The molecule has 0 saturated carbocycles. The number of carbonyl (C=O) groups is 1. The Labute approximate surface area is 139 Å². The second-order valence-electron chi connectivity index (χ2n) is 5.12. The van der Waals surface area contributed by atoms with Gasteiger partial charge in [0.05, 0.1) is 19.2 Å². The van der Waals surface area contributed by atoms with E-state index in [1.165, 1.54) is 0 Å². The zero-order valence-corrected chi connectivity index (χ0v) is 13.5. The van der Waals surface area contributed by atoms with Crippen LogP contribution < -0.4 is 4.74 Å². The number of nitrogens with zero attached hydrogens (tertiary/aromatic N) is 3. The molecular formula is C17H16ClN3O2. The molecule has 1 aromatic carbocycles. The molecule has 2 heterocycles. The third kappa shape index (κ3) is 3.35. The summed E-state index contributed by atoms with van der Waals surface area (Å²) in [7, 11) is 1.63. The van der Waals surface area contributed by atoms with E-state index < -0.39 is 0 Å². The van der Waals surface area contributed by atoms with E-state index >= 15 is 0 Å². The number of halogens is 1. The van der Waals surface area contributed by atoms with E-state index in [2.05, 4.69) is 9.98 Å². The van der Waals surface area contributed by atoms with Crippen LogP contribution in [0.1, 0.15) is 15.9 Å². The molecule has 6 heteroatoms. The van der Waals surface area contributed by atoms with Crippen molar-refractivity contribution in [3.05, 3.63) is 58.9 Å². The van der Waals surface area contributed by atoms with Crippen LogP contribution >= 0.6 is 11.6 Å². The number of pyridine rings is 1. The average molecular weight is 330 g/mol. The summed E-state index contributed by atoms with van der Waals surface area (Å²) >= 11 is 6.03. The number of rotatable bonds is 4. The Morgan fingerprint density at radius 1 is 1.30 bits per heavy atom. The lowest BCUT2D eigenvalue weighted by Gasteiger charge is -2.19. The maximum absolute atomic E-state index is 12.7. The van der Waals surface area contributed by atoms with Gasteiger partial charge in [-0.3, -0.25) is 14.7 Å². The first-order valence-electron chi connectivity index (χ1n) is 7.27. The van der Waals surface area contributed by atoms with Gasteiger partial charge in [0.15, 0.2) is 0 Å². The predicted octanol–water partition coefficient (Wildman–Crippen LogP) is 2.84. The summed E-state index contributed by atoms with van der Waals surface area (Å²) in [6.45, 7) is 1.17. The summed E-state index contributed by atoms with van der Waals surface area (Å²) in [6, 6.07) is 11.1. The number of ether oxygens (including phenoxy) is 1. The van der Waals surface area contributed by atoms with Gasteiger partial charge in [0.25, 0.3) is 5.91 Å². The number of carbonyl (C=O) groups excluding carboxylic acids is 1. The van der Waals surface area contributed by atoms with Crippen molar-refractivity contribution in [2.45, 2.75) is 6.42 Å². The van der Waals surface area contributed by atoms with Gasteiger partial charge in [-0.2, -0.15) is 0 Å². The molecule has 1 aliphatic rings. The second-order valence-corrected chi connectivity index (χ2v) is 5.48. The number of hydrogen-bond donors (Lipinski definition) is 0. The fourth-order valence-electron chi connectivity index (χ4n) is 2.48. The Balaban J connectivity index is 1.77. The van der Waals surface area contributed by atoms with Gasteiger partial charge < -0.3 is 4.74 Å². The Morgan fingerprint density at radius 3 is 2.78 bits per heavy atom. The first-order chi connectivity index (χ1) is 11.2. The minimum absolute atomic E-state index is 0.159. The molecule has 0 saturated heterocycles. The molecule has 5 nitrogen and oxygen atoms in total. The molecule has 3 rings (SSSR count). The Hall–Kier alpha value is -2.40. The van der Waals surface area contributed by atoms with E-state index in [-0.39, 0.29) is 11.1 Å². The first-order valence-corrected chi connectivity index (χ1v) is 7.65. The molecule has 0 fully saturated rings. The number of hydrogen-bond acceptors (Lipinski definition) is 4. The molecule has 0 unspecified atom stereocenters. The smallest absolute Gasteiger partial charge is 0.262 e. The molecule has 1 amide bonds. The average Bonchev–Trinajstić information content (AvgIpc) is 3.03. The number of amidine groups is 1. The highest BCUT2D eigenvalue weighted by molar-refractivity contribution is 6.33. The van der Waals surface area contributed by atoms with Crippen LogP contribution in [0.2, 0.25) is 5.15 Å². The molecule has 2 aromatic rings. The fraction of sp³-hybridized carbons (Fsp3) is 0.235.